The molecule has 5 rings (SSSR count). The van der Waals surface area contributed by atoms with Gasteiger partial charge >= 0.3 is 0 Å². The molecule has 0 saturated heterocycles. The fraction of sp³-hybridized carbons (Fsp3) is 0.0952. The normalized spacial score (nSPS) is 11.1. The predicted octanol–water partition coefficient (Wildman–Crippen LogP) is 3.23. The Bertz CT molecular complexity index is 1410. The first-order valence-electron chi connectivity index (χ1n) is 8.89. The predicted molar refractivity (Wildman–Crippen MR) is 107 cm³/mol. The maximum Gasteiger partial charge on any atom is 0.258 e. The molecule has 8 nitrogen and oxygen atoms in total. The standard InChI is InChI=1S/C21H15N7O/c1-27-19-16(12-25-27)9-15(11-24-19)18-17(14-5-3-13(10-22)4-6-14)26-21(29-2)20-23-7-8-28(18)20/h3-9,11-12H,1-2H3. The number of ether oxygens (including phenoxy) is 1. The summed E-state index contributed by atoms with van der Waals surface area (Å²) in [6.45, 7) is 0. The topological polar surface area (TPSA) is 93.9 Å². The van der Waals surface area contributed by atoms with Crippen molar-refractivity contribution in [3.63, 3.8) is 0 Å². The highest BCUT2D eigenvalue weighted by Crippen LogP contribution is 2.35. The van der Waals surface area contributed by atoms with Gasteiger partial charge in [0.1, 0.15) is 0 Å². The van der Waals surface area contributed by atoms with E-state index < -0.39 is 0 Å². The fourth-order valence-electron chi connectivity index (χ4n) is 3.45. The number of nitrogens with zero attached hydrogens (tertiary/aromatic N) is 7. The monoisotopic (exact) mass is 381 g/mol. The molecule has 0 radical (unpaired) electrons. The van der Waals surface area contributed by atoms with Crippen molar-refractivity contribution in [2.45, 2.75) is 0 Å². The minimum absolute atomic E-state index is 0.425. The molecule has 0 atom stereocenters. The van der Waals surface area contributed by atoms with E-state index in [9.17, 15) is 0 Å². The van der Waals surface area contributed by atoms with Crippen molar-refractivity contribution >= 4 is 16.7 Å². The lowest BCUT2D eigenvalue weighted by molar-refractivity contribution is 0.401. The molecule has 8 heteroatoms. The van der Waals surface area contributed by atoms with E-state index in [0.29, 0.717) is 22.8 Å². The van der Waals surface area contributed by atoms with Gasteiger partial charge in [0.15, 0.2) is 5.65 Å². The number of fused-ring (bicyclic) bond motifs is 2. The van der Waals surface area contributed by atoms with E-state index in [4.69, 9.17) is 15.0 Å². The number of pyridine rings is 1. The summed E-state index contributed by atoms with van der Waals surface area (Å²) in [5, 5.41) is 14.3. The Morgan fingerprint density at radius 2 is 1.86 bits per heavy atom. The summed E-state index contributed by atoms with van der Waals surface area (Å²) < 4.78 is 9.16. The number of hydrogen-bond acceptors (Lipinski definition) is 6. The van der Waals surface area contributed by atoms with Gasteiger partial charge < -0.3 is 4.74 Å². The highest BCUT2D eigenvalue weighted by Gasteiger charge is 2.19. The number of rotatable bonds is 3. The maximum atomic E-state index is 9.12. The van der Waals surface area contributed by atoms with Gasteiger partial charge in [-0.3, -0.25) is 9.08 Å². The van der Waals surface area contributed by atoms with E-state index in [-0.39, 0.29) is 0 Å². The smallest absolute Gasteiger partial charge is 0.258 e. The zero-order valence-corrected chi connectivity index (χ0v) is 15.7. The molecule has 0 spiro atoms. The van der Waals surface area contributed by atoms with Crippen LogP contribution in [0.3, 0.4) is 0 Å². The Kier molecular flexibility index (Phi) is 3.74. The quantitative estimate of drug-likeness (QED) is 0.476. The molecule has 4 aromatic heterocycles. The third-order valence-corrected chi connectivity index (χ3v) is 4.84. The Labute approximate surface area is 165 Å². The number of methoxy groups -OCH3 is 1. The number of aromatic nitrogens is 6. The van der Waals surface area contributed by atoms with Gasteiger partial charge in [-0.1, -0.05) is 12.1 Å². The summed E-state index contributed by atoms with van der Waals surface area (Å²) in [6, 6.07) is 11.5. The molecule has 0 saturated carbocycles. The van der Waals surface area contributed by atoms with Crippen molar-refractivity contribution in [1.82, 2.24) is 29.1 Å². The molecular weight excluding hydrogens is 366 g/mol. The van der Waals surface area contributed by atoms with Crippen molar-refractivity contribution in [2.24, 2.45) is 7.05 Å². The Morgan fingerprint density at radius 3 is 2.62 bits per heavy atom. The summed E-state index contributed by atoms with van der Waals surface area (Å²) in [4.78, 5) is 13.7. The van der Waals surface area contributed by atoms with E-state index in [1.807, 2.05) is 35.8 Å². The number of benzene rings is 1. The molecule has 0 fully saturated rings. The first-order valence-corrected chi connectivity index (χ1v) is 8.89. The lowest BCUT2D eigenvalue weighted by Crippen LogP contribution is -2.02. The molecule has 0 aliphatic heterocycles. The maximum absolute atomic E-state index is 9.12. The Morgan fingerprint density at radius 1 is 1.03 bits per heavy atom. The van der Waals surface area contributed by atoms with Crippen LogP contribution in [-0.4, -0.2) is 36.2 Å². The highest BCUT2D eigenvalue weighted by molar-refractivity contribution is 5.86. The molecule has 0 aliphatic rings. The van der Waals surface area contributed by atoms with E-state index in [1.165, 1.54) is 0 Å². The van der Waals surface area contributed by atoms with Crippen LogP contribution in [0.15, 0.2) is 55.1 Å². The average Bonchev–Trinajstić information content (AvgIpc) is 3.39. The van der Waals surface area contributed by atoms with Gasteiger partial charge in [0.25, 0.3) is 5.88 Å². The van der Waals surface area contributed by atoms with Crippen LogP contribution in [0.25, 0.3) is 39.2 Å². The minimum Gasteiger partial charge on any atom is -0.478 e. The number of hydrogen-bond donors (Lipinski definition) is 0. The van der Waals surface area contributed by atoms with Gasteiger partial charge in [0.05, 0.1) is 36.3 Å². The summed E-state index contributed by atoms with van der Waals surface area (Å²) in [7, 11) is 3.43. The van der Waals surface area contributed by atoms with Crippen molar-refractivity contribution in [3.05, 3.63) is 60.7 Å². The van der Waals surface area contributed by atoms with Gasteiger partial charge in [-0.15, -0.1) is 0 Å². The van der Waals surface area contributed by atoms with Crippen LogP contribution in [0.4, 0.5) is 0 Å². The number of imidazole rings is 1. The zero-order chi connectivity index (χ0) is 20.0. The number of nitriles is 1. The first kappa shape index (κ1) is 16.9. The second-order valence-corrected chi connectivity index (χ2v) is 6.53. The van der Waals surface area contributed by atoms with Gasteiger partial charge in [0, 0.05) is 42.2 Å². The molecule has 29 heavy (non-hydrogen) atoms. The first-order chi connectivity index (χ1) is 14.2. The van der Waals surface area contributed by atoms with Crippen LogP contribution in [0.1, 0.15) is 5.56 Å². The second-order valence-electron chi connectivity index (χ2n) is 6.53. The fourth-order valence-corrected chi connectivity index (χ4v) is 3.45. The average molecular weight is 381 g/mol. The summed E-state index contributed by atoms with van der Waals surface area (Å²) in [6.07, 6.45) is 7.17. The van der Waals surface area contributed by atoms with Gasteiger partial charge in [-0.25, -0.2) is 15.0 Å². The molecule has 5 aromatic rings. The van der Waals surface area contributed by atoms with E-state index in [1.54, 1.807) is 42.5 Å². The summed E-state index contributed by atoms with van der Waals surface area (Å²) in [5.74, 6) is 0.425. The van der Waals surface area contributed by atoms with Gasteiger partial charge in [-0.05, 0) is 18.2 Å². The van der Waals surface area contributed by atoms with E-state index in [0.717, 1.165) is 27.9 Å². The Hall–Kier alpha value is -4.25. The van der Waals surface area contributed by atoms with Crippen molar-refractivity contribution in [2.75, 3.05) is 7.11 Å². The van der Waals surface area contributed by atoms with Gasteiger partial charge in [-0.2, -0.15) is 10.4 Å². The SMILES string of the molecule is COc1nc(-c2ccc(C#N)cc2)c(-c2cnc3c(cnn3C)c2)n2ccnc12. The second kappa shape index (κ2) is 6.42. The van der Waals surface area contributed by atoms with Crippen molar-refractivity contribution < 1.29 is 4.74 Å². The van der Waals surface area contributed by atoms with Crippen LogP contribution in [0.5, 0.6) is 5.88 Å². The Balaban J connectivity index is 1.84. The van der Waals surface area contributed by atoms with Crippen LogP contribution < -0.4 is 4.74 Å². The molecule has 0 aliphatic carbocycles. The van der Waals surface area contributed by atoms with Crippen LogP contribution >= 0.6 is 0 Å². The molecule has 1 aromatic carbocycles. The third kappa shape index (κ3) is 2.60. The number of aryl methyl sites for hydroxylation is 1. The molecule has 0 N–H and O–H groups in total. The summed E-state index contributed by atoms with van der Waals surface area (Å²) in [5.41, 5.74) is 5.29. The zero-order valence-electron chi connectivity index (χ0n) is 15.7. The van der Waals surface area contributed by atoms with Crippen LogP contribution in [0, 0.1) is 11.3 Å². The largest absolute Gasteiger partial charge is 0.478 e. The molecule has 140 valence electrons. The van der Waals surface area contributed by atoms with Crippen molar-refractivity contribution in [1.29, 1.82) is 5.26 Å². The van der Waals surface area contributed by atoms with Crippen LogP contribution in [-0.2, 0) is 7.05 Å². The molecule has 0 amide bonds. The molecule has 0 bridgehead atoms. The lowest BCUT2D eigenvalue weighted by atomic mass is 10.0. The third-order valence-electron chi connectivity index (χ3n) is 4.84. The van der Waals surface area contributed by atoms with Crippen molar-refractivity contribution in [3.8, 4) is 34.5 Å². The molecule has 0 unspecified atom stereocenters. The molecular formula is C21H15N7O. The van der Waals surface area contributed by atoms with Gasteiger partial charge in [0.2, 0.25) is 5.65 Å². The molecule has 4 heterocycles. The lowest BCUT2D eigenvalue weighted by Gasteiger charge is -2.14. The summed E-state index contributed by atoms with van der Waals surface area (Å²) >= 11 is 0. The minimum atomic E-state index is 0.425. The van der Waals surface area contributed by atoms with E-state index in [2.05, 4.69) is 21.1 Å². The van der Waals surface area contributed by atoms with Crippen LogP contribution in [0.2, 0.25) is 0 Å². The van der Waals surface area contributed by atoms with E-state index >= 15 is 0 Å². The highest BCUT2D eigenvalue weighted by atomic mass is 16.5.